The molecule has 0 fully saturated rings. The molecule has 1 amide bonds. The van der Waals surface area contributed by atoms with Gasteiger partial charge in [0.25, 0.3) is 0 Å². The molecule has 1 aromatic heterocycles. The second kappa shape index (κ2) is 8.14. The van der Waals surface area contributed by atoms with Crippen LogP contribution >= 0.6 is 0 Å². The van der Waals surface area contributed by atoms with Crippen LogP contribution in [-0.2, 0) is 33.7 Å². The zero-order valence-corrected chi connectivity index (χ0v) is 15.7. The lowest BCUT2D eigenvalue weighted by atomic mass is 10.0. The first-order chi connectivity index (χ1) is 13.7. The van der Waals surface area contributed by atoms with E-state index in [1.54, 1.807) is 25.1 Å². The molecule has 7 nitrogen and oxygen atoms in total. The van der Waals surface area contributed by atoms with Crippen LogP contribution in [0.4, 0.5) is 13.2 Å². The molecule has 29 heavy (non-hydrogen) atoms. The number of nitrogens with zero attached hydrogens (tertiary/aromatic N) is 3. The predicted octanol–water partition coefficient (Wildman–Crippen LogP) is 1.69. The number of hydrogen-bond acceptors (Lipinski definition) is 4. The van der Waals surface area contributed by atoms with E-state index in [1.807, 2.05) is 0 Å². The van der Waals surface area contributed by atoms with Crippen molar-refractivity contribution >= 4 is 11.9 Å². The average Bonchev–Trinajstić information content (AvgIpc) is 2.89. The lowest BCUT2D eigenvalue weighted by Crippen LogP contribution is -2.42. The summed E-state index contributed by atoms with van der Waals surface area (Å²) in [5.74, 6) is -2.36. The molecular formula is C19H20F3N3O4. The van der Waals surface area contributed by atoms with Gasteiger partial charge < -0.3 is 9.64 Å². The summed E-state index contributed by atoms with van der Waals surface area (Å²) in [5, 5.41) is 0. The number of halogens is 3. The Hall–Kier alpha value is -3.04. The van der Waals surface area contributed by atoms with Gasteiger partial charge in [-0.2, -0.15) is 13.2 Å². The summed E-state index contributed by atoms with van der Waals surface area (Å²) in [4.78, 5) is 36.4. The minimum absolute atomic E-state index is 0.0133. The lowest BCUT2D eigenvalue weighted by Gasteiger charge is -2.21. The van der Waals surface area contributed by atoms with Gasteiger partial charge in [-0.15, -0.1) is 0 Å². The molecule has 0 saturated carbocycles. The molecule has 0 saturated heterocycles. The number of benzene rings is 1. The maximum Gasteiger partial charge on any atom is 0.471 e. The molecule has 10 heteroatoms. The number of imidazole rings is 1. The Morgan fingerprint density at radius 3 is 2.45 bits per heavy atom. The van der Waals surface area contributed by atoms with E-state index >= 15 is 0 Å². The molecule has 0 bridgehead atoms. The normalized spacial score (nSPS) is 14.3. The first-order valence-corrected chi connectivity index (χ1v) is 9.12. The summed E-state index contributed by atoms with van der Waals surface area (Å²) < 4.78 is 45.5. The van der Waals surface area contributed by atoms with Crippen LogP contribution in [0.5, 0.6) is 0 Å². The van der Waals surface area contributed by atoms with Crippen molar-refractivity contribution in [3.05, 3.63) is 52.2 Å². The van der Waals surface area contributed by atoms with Crippen molar-refractivity contribution in [3.8, 4) is 5.69 Å². The minimum Gasteiger partial charge on any atom is -0.465 e. The van der Waals surface area contributed by atoms with Gasteiger partial charge in [0, 0.05) is 25.5 Å². The number of ether oxygens (including phenoxy) is 1. The summed E-state index contributed by atoms with van der Waals surface area (Å²) >= 11 is 0. The molecule has 1 aliphatic heterocycles. The van der Waals surface area contributed by atoms with Gasteiger partial charge in [0.05, 0.1) is 12.3 Å². The van der Waals surface area contributed by atoms with E-state index in [-0.39, 0.29) is 32.7 Å². The van der Waals surface area contributed by atoms with E-state index < -0.39 is 23.7 Å². The van der Waals surface area contributed by atoms with E-state index in [0.29, 0.717) is 12.1 Å². The Bertz CT molecular complexity index is 978. The van der Waals surface area contributed by atoms with Gasteiger partial charge >= 0.3 is 23.7 Å². The highest BCUT2D eigenvalue weighted by molar-refractivity contribution is 5.82. The zero-order chi connectivity index (χ0) is 21.2. The van der Waals surface area contributed by atoms with E-state index in [9.17, 15) is 27.6 Å². The Morgan fingerprint density at radius 1 is 1.10 bits per heavy atom. The molecule has 0 N–H and O–H groups in total. The lowest BCUT2D eigenvalue weighted by molar-refractivity contribution is -0.185. The van der Waals surface area contributed by atoms with Gasteiger partial charge in [-0.25, -0.2) is 4.79 Å². The van der Waals surface area contributed by atoms with Crippen molar-refractivity contribution in [1.29, 1.82) is 0 Å². The van der Waals surface area contributed by atoms with Crippen molar-refractivity contribution in [3.63, 3.8) is 0 Å². The number of carbonyl (C=O) groups is 2. The van der Waals surface area contributed by atoms with E-state index in [1.165, 1.54) is 21.5 Å². The standard InChI is InChI=1S/C19H20F3N3O4/c1-2-29-16(26)12-24-9-10-25(18(24)28)15-4-3-13-5-7-23(8-6-14(13)11-15)17(27)19(20,21)22/h3-4,9-11H,2,5-8,12H2,1H3. The number of hydrogen-bond donors (Lipinski definition) is 0. The number of carbonyl (C=O) groups excluding carboxylic acids is 2. The first kappa shape index (κ1) is 20.7. The fourth-order valence-electron chi connectivity index (χ4n) is 3.32. The molecule has 2 aromatic rings. The molecule has 1 aromatic carbocycles. The number of fused-ring (bicyclic) bond motifs is 1. The molecule has 0 aliphatic carbocycles. The van der Waals surface area contributed by atoms with Gasteiger partial charge in [0.15, 0.2) is 0 Å². The van der Waals surface area contributed by atoms with E-state index in [0.717, 1.165) is 16.0 Å². The van der Waals surface area contributed by atoms with Crippen LogP contribution < -0.4 is 5.69 Å². The highest BCUT2D eigenvalue weighted by atomic mass is 19.4. The van der Waals surface area contributed by atoms with Crippen LogP contribution in [0.1, 0.15) is 18.1 Å². The third-order valence-corrected chi connectivity index (χ3v) is 4.75. The Labute approximate surface area is 164 Å². The molecule has 0 spiro atoms. The maximum atomic E-state index is 12.7. The second-order valence-electron chi connectivity index (χ2n) is 6.63. The Morgan fingerprint density at radius 2 is 1.79 bits per heavy atom. The van der Waals surface area contributed by atoms with E-state index in [2.05, 4.69) is 0 Å². The van der Waals surface area contributed by atoms with Gasteiger partial charge in [-0.1, -0.05) is 6.07 Å². The largest absolute Gasteiger partial charge is 0.471 e. The quantitative estimate of drug-likeness (QED) is 0.718. The highest BCUT2D eigenvalue weighted by Crippen LogP contribution is 2.23. The fourth-order valence-corrected chi connectivity index (χ4v) is 3.32. The second-order valence-corrected chi connectivity index (χ2v) is 6.63. The summed E-state index contributed by atoms with van der Waals surface area (Å²) in [5.41, 5.74) is 1.72. The zero-order valence-electron chi connectivity index (χ0n) is 15.7. The third-order valence-electron chi connectivity index (χ3n) is 4.75. The number of rotatable bonds is 4. The number of aromatic nitrogens is 2. The topological polar surface area (TPSA) is 73.5 Å². The van der Waals surface area contributed by atoms with Gasteiger partial charge in [-0.3, -0.25) is 18.7 Å². The van der Waals surface area contributed by atoms with Gasteiger partial charge in [-0.05, 0) is 43.0 Å². The molecule has 156 valence electrons. The number of esters is 1. The van der Waals surface area contributed by atoms with Crippen LogP contribution in [-0.4, -0.2) is 51.8 Å². The van der Waals surface area contributed by atoms with Gasteiger partial charge in [0.2, 0.25) is 0 Å². The first-order valence-electron chi connectivity index (χ1n) is 9.12. The smallest absolute Gasteiger partial charge is 0.465 e. The molecule has 0 atom stereocenters. The monoisotopic (exact) mass is 411 g/mol. The van der Waals surface area contributed by atoms with Crippen LogP contribution in [0.15, 0.2) is 35.4 Å². The molecule has 0 radical (unpaired) electrons. The molecule has 3 rings (SSSR count). The fraction of sp³-hybridized carbons (Fsp3) is 0.421. The van der Waals surface area contributed by atoms with Crippen LogP contribution in [0.3, 0.4) is 0 Å². The van der Waals surface area contributed by atoms with Crippen molar-refractivity contribution in [2.75, 3.05) is 19.7 Å². The van der Waals surface area contributed by atoms with Crippen molar-refractivity contribution in [2.24, 2.45) is 0 Å². The molecule has 0 unspecified atom stereocenters. The Kier molecular flexibility index (Phi) is 5.81. The third kappa shape index (κ3) is 4.52. The van der Waals surface area contributed by atoms with Gasteiger partial charge in [0.1, 0.15) is 6.54 Å². The molecule has 2 heterocycles. The van der Waals surface area contributed by atoms with E-state index in [4.69, 9.17) is 4.74 Å². The van der Waals surface area contributed by atoms with Crippen LogP contribution in [0, 0.1) is 0 Å². The SMILES string of the molecule is CCOC(=O)Cn1ccn(-c2ccc3c(c2)CCN(C(=O)C(F)(F)F)CC3)c1=O. The van der Waals surface area contributed by atoms with Crippen LogP contribution in [0.25, 0.3) is 5.69 Å². The summed E-state index contributed by atoms with van der Waals surface area (Å²) in [6.07, 6.45) is -1.36. The van der Waals surface area contributed by atoms with Crippen LogP contribution in [0.2, 0.25) is 0 Å². The molecular weight excluding hydrogens is 391 g/mol. The average molecular weight is 411 g/mol. The maximum absolute atomic E-state index is 12.7. The minimum atomic E-state index is -4.89. The summed E-state index contributed by atoms with van der Waals surface area (Å²) in [6.45, 7) is 1.62. The summed E-state index contributed by atoms with van der Waals surface area (Å²) in [7, 11) is 0. The number of amides is 1. The van der Waals surface area contributed by atoms with Crippen molar-refractivity contribution in [1.82, 2.24) is 14.0 Å². The van der Waals surface area contributed by atoms with Crippen molar-refractivity contribution in [2.45, 2.75) is 32.5 Å². The highest BCUT2D eigenvalue weighted by Gasteiger charge is 2.42. The molecule has 1 aliphatic rings. The van der Waals surface area contributed by atoms with Crippen molar-refractivity contribution < 1.29 is 27.5 Å². The Balaban J connectivity index is 1.80. The predicted molar refractivity (Wildman–Crippen MR) is 96.7 cm³/mol. The number of alkyl halides is 3. The summed E-state index contributed by atoms with van der Waals surface area (Å²) in [6, 6.07) is 5.17.